The predicted octanol–water partition coefficient (Wildman–Crippen LogP) is 1.07. The van der Waals surface area contributed by atoms with E-state index in [1.807, 2.05) is 5.32 Å². The van der Waals surface area contributed by atoms with Gasteiger partial charge in [-0.2, -0.15) is 13.2 Å². The van der Waals surface area contributed by atoms with E-state index in [4.69, 9.17) is 0 Å². The summed E-state index contributed by atoms with van der Waals surface area (Å²) in [5, 5.41) is 3.57. The summed E-state index contributed by atoms with van der Waals surface area (Å²) in [4.78, 5) is 33.1. The molecule has 8 heteroatoms. The number of carbonyl (C=O) groups is 3. The first-order valence-electron chi connectivity index (χ1n) is 4.67. The van der Waals surface area contributed by atoms with Crippen molar-refractivity contribution in [3.05, 3.63) is 29.3 Å². The highest BCUT2D eigenvalue weighted by atomic mass is 19.4. The Kier molecular flexibility index (Phi) is 2.57. The van der Waals surface area contributed by atoms with E-state index < -0.39 is 23.9 Å². The van der Waals surface area contributed by atoms with Crippen LogP contribution in [0.15, 0.2) is 18.2 Å². The average Bonchev–Trinajstić information content (AvgIpc) is 2.53. The predicted molar refractivity (Wildman–Crippen MR) is 52.9 cm³/mol. The molecule has 0 fully saturated rings. The summed E-state index contributed by atoms with van der Waals surface area (Å²) >= 11 is 0. The number of fused-ring (bicyclic) bond motifs is 1. The third-order valence-electron chi connectivity index (χ3n) is 2.25. The third-order valence-corrected chi connectivity index (χ3v) is 2.25. The molecule has 0 aromatic heterocycles. The summed E-state index contributed by atoms with van der Waals surface area (Å²) in [6.07, 6.45) is -5.02. The van der Waals surface area contributed by atoms with Crippen molar-refractivity contribution >= 4 is 23.4 Å². The van der Waals surface area contributed by atoms with Gasteiger partial charge in [-0.1, -0.05) is 0 Å². The molecule has 0 bridgehead atoms. The fraction of sp³-hybridized carbons (Fsp3) is 0.100. The normalized spacial score (nSPS) is 14.2. The molecule has 1 aromatic rings. The van der Waals surface area contributed by atoms with Gasteiger partial charge in [0.15, 0.2) is 0 Å². The number of benzene rings is 1. The zero-order valence-corrected chi connectivity index (χ0v) is 8.59. The van der Waals surface area contributed by atoms with Crippen LogP contribution in [0, 0.1) is 0 Å². The average molecular weight is 258 g/mol. The first-order chi connectivity index (χ1) is 8.29. The van der Waals surface area contributed by atoms with Crippen LogP contribution in [0.2, 0.25) is 0 Å². The van der Waals surface area contributed by atoms with Crippen molar-refractivity contribution in [2.24, 2.45) is 0 Å². The Morgan fingerprint density at radius 1 is 1.11 bits per heavy atom. The van der Waals surface area contributed by atoms with E-state index in [1.54, 1.807) is 5.32 Å². The molecule has 0 aliphatic carbocycles. The van der Waals surface area contributed by atoms with Gasteiger partial charge in [0.25, 0.3) is 11.8 Å². The number of halogens is 3. The van der Waals surface area contributed by atoms with Crippen molar-refractivity contribution < 1.29 is 27.6 Å². The van der Waals surface area contributed by atoms with Crippen LogP contribution in [0.4, 0.5) is 18.9 Å². The summed E-state index contributed by atoms with van der Waals surface area (Å²) in [5.74, 6) is -3.48. The maximum Gasteiger partial charge on any atom is 0.471 e. The zero-order chi connectivity index (χ0) is 13.5. The number of alkyl halides is 3. The fourth-order valence-electron chi connectivity index (χ4n) is 1.45. The molecule has 3 amide bonds. The molecule has 0 saturated carbocycles. The van der Waals surface area contributed by atoms with Crippen molar-refractivity contribution in [3.8, 4) is 0 Å². The monoisotopic (exact) mass is 258 g/mol. The van der Waals surface area contributed by atoms with Crippen LogP contribution >= 0.6 is 0 Å². The second kappa shape index (κ2) is 3.83. The largest absolute Gasteiger partial charge is 0.471 e. The van der Waals surface area contributed by atoms with Crippen molar-refractivity contribution in [1.82, 2.24) is 5.32 Å². The van der Waals surface area contributed by atoms with Crippen LogP contribution in [0.5, 0.6) is 0 Å². The van der Waals surface area contributed by atoms with E-state index in [0.29, 0.717) is 0 Å². The SMILES string of the molecule is O=C1NC(=O)c2cc(NC(=O)C(F)(F)F)ccc21. The Bertz CT molecular complexity index is 566. The van der Waals surface area contributed by atoms with Crippen molar-refractivity contribution in [2.45, 2.75) is 6.18 Å². The number of amides is 3. The molecule has 0 spiro atoms. The topological polar surface area (TPSA) is 75.3 Å². The third kappa shape index (κ3) is 2.04. The highest BCUT2D eigenvalue weighted by Crippen LogP contribution is 2.22. The Morgan fingerprint density at radius 2 is 1.72 bits per heavy atom. The van der Waals surface area contributed by atoms with Gasteiger partial charge in [-0.05, 0) is 18.2 Å². The van der Waals surface area contributed by atoms with Gasteiger partial charge in [0, 0.05) is 5.69 Å². The minimum Gasteiger partial charge on any atom is -0.318 e. The molecule has 0 radical (unpaired) electrons. The van der Waals surface area contributed by atoms with E-state index in [-0.39, 0.29) is 16.8 Å². The lowest BCUT2D eigenvalue weighted by Gasteiger charge is -2.08. The molecule has 0 saturated heterocycles. The minimum atomic E-state index is -5.02. The van der Waals surface area contributed by atoms with Crippen molar-refractivity contribution in [3.63, 3.8) is 0 Å². The van der Waals surface area contributed by atoms with Crippen molar-refractivity contribution in [2.75, 3.05) is 5.32 Å². The molecular weight excluding hydrogens is 253 g/mol. The highest BCUT2D eigenvalue weighted by Gasteiger charge is 2.39. The molecule has 5 nitrogen and oxygen atoms in total. The number of rotatable bonds is 1. The van der Waals surface area contributed by atoms with Gasteiger partial charge in [0.1, 0.15) is 0 Å². The van der Waals surface area contributed by atoms with Gasteiger partial charge in [-0.15, -0.1) is 0 Å². The van der Waals surface area contributed by atoms with Crippen LogP contribution in [0.1, 0.15) is 20.7 Å². The van der Waals surface area contributed by atoms with Crippen molar-refractivity contribution in [1.29, 1.82) is 0 Å². The van der Waals surface area contributed by atoms with Gasteiger partial charge in [-0.25, -0.2) is 0 Å². The van der Waals surface area contributed by atoms with E-state index in [2.05, 4.69) is 0 Å². The Labute approximate surface area is 98.0 Å². The second-order valence-electron chi connectivity index (χ2n) is 3.50. The summed E-state index contributed by atoms with van der Waals surface area (Å²) in [6, 6.07) is 3.29. The molecule has 1 aliphatic heterocycles. The molecular formula is C10H5F3N2O3. The highest BCUT2D eigenvalue weighted by molar-refractivity contribution is 6.22. The minimum absolute atomic E-state index is 0.0602. The van der Waals surface area contributed by atoms with Gasteiger partial charge in [-0.3, -0.25) is 19.7 Å². The Hall–Kier alpha value is -2.38. The number of hydrogen-bond acceptors (Lipinski definition) is 3. The number of nitrogens with one attached hydrogen (secondary N) is 2. The summed E-state index contributed by atoms with van der Waals surface area (Å²) in [5.41, 5.74) is -0.217. The molecule has 1 aliphatic rings. The quantitative estimate of drug-likeness (QED) is 0.740. The maximum absolute atomic E-state index is 12.0. The first kappa shape index (κ1) is 12.1. The van der Waals surface area contributed by atoms with E-state index in [0.717, 1.165) is 12.1 Å². The van der Waals surface area contributed by atoms with Crippen LogP contribution < -0.4 is 10.6 Å². The van der Waals surface area contributed by atoms with Crippen LogP contribution in [0.3, 0.4) is 0 Å². The number of imide groups is 1. The lowest BCUT2D eigenvalue weighted by atomic mass is 10.1. The molecule has 18 heavy (non-hydrogen) atoms. The van der Waals surface area contributed by atoms with E-state index >= 15 is 0 Å². The smallest absolute Gasteiger partial charge is 0.318 e. The molecule has 94 valence electrons. The Morgan fingerprint density at radius 3 is 2.33 bits per heavy atom. The van der Waals surface area contributed by atoms with Crippen LogP contribution in [-0.4, -0.2) is 23.9 Å². The molecule has 1 aromatic carbocycles. The standard InChI is InChI=1S/C10H5F3N2O3/c11-10(12,13)9(18)14-4-1-2-5-6(3-4)8(17)15-7(5)16/h1-3H,(H,14,18)(H,15,16,17). The second-order valence-corrected chi connectivity index (χ2v) is 3.50. The lowest BCUT2D eigenvalue weighted by molar-refractivity contribution is -0.167. The maximum atomic E-state index is 12.0. The molecule has 0 unspecified atom stereocenters. The van der Waals surface area contributed by atoms with Gasteiger partial charge in [0.05, 0.1) is 11.1 Å². The van der Waals surface area contributed by atoms with E-state index in [1.165, 1.54) is 6.07 Å². The lowest BCUT2D eigenvalue weighted by Crippen LogP contribution is -2.30. The first-order valence-corrected chi connectivity index (χ1v) is 4.67. The van der Waals surface area contributed by atoms with Crippen LogP contribution in [0.25, 0.3) is 0 Å². The Balaban J connectivity index is 2.28. The number of anilines is 1. The van der Waals surface area contributed by atoms with Gasteiger partial charge >= 0.3 is 12.1 Å². The molecule has 2 rings (SSSR count). The van der Waals surface area contributed by atoms with E-state index in [9.17, 15) is 27.6 Å². The zero-order valence-electron chi connectivity index (χ0n) is 8.59. The van der Waals surface area contributed by atoms with Gasteiger partial charge < -0.3 is 5.32 Å². The summed E-state index contributed by atoms with van der Waals surface area (Å²) in [7, 11) is 0. The van der Waals surface area contributed by atoms with Gasteiger partial charge in [0.2, 0.25) is 0 Å². The fourth-order valence-corrected chi connectivity index (χ4v) is 1.45. The molecule has 1 heterocycles. The van der Waals surface area contributed by atoms with Crippen LogP contribution in [-0.2, 0) is 4.79 Å². The molecule has 2 N–H and O–H groups in total. The summed E-state index contributed by atoms with van der Waals surface area (Å²) in [6.45, 7) is 0. The molecule has 0 atom stereocenters. The summed E-state index contributed by atoms with van der Waals surface area (Å²) < 4.78 is 36.0. The number of carbonyl (C=O) groups excluding carboxylic acids is 3. The number of hydrogen-bond donors (Lipinski definition) is 2.